The monoisotopic (exact) mass is 286 g/mol. The van der Waals surface area contributed by atoms with Crippen molar-refractivity contribution in [2.75, 3.05) is 13.2 Å². The van der Waals surface area contributed by atoms with E-state index in [2.05, 4.69) is 16.9 Å². The summed E-state index contributed by atoms with van der Waals surface area (Å²) in [5.74, 6) is 0.286. The molecule has 0 atom stereocenters. The highest BCUT2D eigenvalue weighted by Crippen LogP contribution is 2.13. The van der Waals surface area contributed by atoms with Gasteiger partial charge < -0.3 is 9.47 Å². The largest absolute Gasteiger partial charge is 0.490 e. The zero-order valence-electron chi connectivity index (χ0n) is 12.2. The minimum atomic E-state index is -0.492. The number of carbonyl (C=O) groups is 1. The summed E-state index contributed by atoms with van der Waals surface area (Å²) in [6.45, 7) is 4.37. The van der Waals surface area contributed by atoms with Crippen molar-refractivity contribution in [1.82, 2.24) is 9.97 Å². The number of rotatable bonds is 6. The van der Waals surface area contributed by atoms with Crippen LogP contribution >= 0.6 is 0 Å². The van der Waals surface area contributed by atoms with Gasteiger partial charge in [0.1, 0.15) is 19.0 Å². The first-order chi connectivity index (χ1) is 10.2. The maximum Gasteiger partial charge on any atom is 0.358 e. The van der Waals surface area contributed by atoms with E-state index in [9.17, 15) is 4.79 Å². The Bertz CT molecular complexity index is 597. The first-order valence-electron chi connectivity index (χ1n) is 6.86. The second-order valence-electron chi connectivity index (χ2n) is 4.53. The Morgan fingerprint density at radius 2 is 2.05 bits per heavy atom. The molecule has 0 spiro atoms. The van der Waals surface area contributed by atoms with Gasteiger partial charge in [-0.25, -0.2) is 9.78 Å². The minimum absolute atomic E-state index is 0.171. The van der Waals surface area contributed by atoms with Crippen LogP contribution in [-0.2, 0) is 11.2 Å². The van der Waals surface area contributed by atoms with Gasteiger partial charge in [0.2, 0.25) is 0 Å². The minimum Gasteiger partial charge on any atom is -0.490 e. The Balaban J connectivity index is 1.76. The number of esters is 1. The van der Waals surface area contributed by atoms with E-state index in [1.807, 2.05) is 24.3 Å². The highest BCUT2D eigenvalue weighted by atomic mass is 16.6. The number of benzene rings is 1. The van der Waals surface area contributed by atoms with Gasteiger partial charge in [0.15, 0.2) is 5.69 Å². The third-order valence-corrected chi connectivity index (χ3v) is 2.88. The zero-order chi connectivity index (χ0) is 15.1. The molecule has 1 heterocycles. The van der Waals surface area contributed by atoms with Gasteiger partial charge in [-0.3, -0.25) is 4.98 Å². The number of nitrogens with zero attached hydrogens (tertiary/aromatic N) is 2. The quantitative estimate of drug-likeness (QED) is 0.603. The Kier molecular flexibility index (Phi) is 5.26. The molecule has 0 saturated carbocycles. The number of carbonyl (C=O) groups excluding carboxylic acids is 1. The molecule has 0 aliphatic rings. The molecule has 5 heteroatoms. The first kappa shape index (κ1) is 15.0. The highest BCUT2D eigenvalue weighted by molar-refractivity contribution is 5.86. The highest BCUT2D eigenvalue weighted by Gasteiger charge is 2.08. The summed E-state index contributed by atoms with van der Waals surface area (Å²) in [6.07, 6.45) is 3.89. The maximum absolute atomic E-state index is 11.7. The molecule has 0 N–H and O–H groups in total. The molecule has 1 aromatic carbocycles. The van der Waals surface area contributed by atoms with Crippen molar-refractivity contribution in [3.05, 3.63) is 53.6 Å². The van der Waals surface area contributed by atoms with Gasteiger partial charge in [-0.1, -0.05) is 19.1 Å². The lowest BCUT2D eigenvalue weighted by Crippen LogP contribution is -2.13. The molecule has 0 saturated heterocycles. The lowest BCUT2D eigenvalue weighted by molar-refractivity contribution is 0.0443. The molecule has 0 fully saturated rings. The van der Waals surface area contributed by atoms with Crippen LogP contribution < -0.4 is 4.74 Å². The fourth-order valence-electron chi connectivity index (χ4n) is 1.72. The van der Waals surface area contributed by atoms with Crippen molar-refractivity contribution >= 4 is 5.97 Å². The van der Waals surface area contributed by atoms with E-state index >= 15 is 0 Å². The van der Waals surface area contributed by atoms with E-state index in [0.717, 1.165) is 17.9 Å². The lowest BCUT2D eigenvalue weighted by atomic mass is 10.2. The predicted octanol–water partition coefficient (Wildman–Crippen LogP) is 2.58. The molecular formula is C16H18N2O3. The normalized spacial score (nSPS) is 10.2. The number of aromatic nitrogens is 2. The Morgan fingerprint density at radius 3 is 2.76 bits per heavy atom. The third kappa shape index (κ3) is 4.56. The Morgan fingerprint density at radius 1 is 1.19 bits per heavy atom. The van der Waals surface area contributed by atoms with Crippen LogP contribution in [0.1, 0.15) is 28.7 Å². The number of hydrogen-bond donors (Lipinski definition) is 0. The van der Waals surface area contributed by atoms with E-state index in [1.54, 1.807) is 6.92 Å². The first-order valence-corrected chi connectivity index (χ1v) is 6.86. The molecule has 1 aromatic heterocycles. The molecule has 0 aliphatic heterocycles. The van der Waals surface area contributed by atoms with E-state index in [4.69, 9.17) is 9.47 Å². The van der Waals surface area contributed by atoms with E-state index in [0.29, 0.717) is 6.61 Å². The van der Waals surface area contributed by atoms with Crippen LogP contribution in [0.25, 0.3) is 0 Å². The molecule has 5 nitrogen and oxygen atoms in total. The van der Waals surface area contributed by atoms with Crippen molar-refractivity contribution in [2.45, 2.75) is 20.3 Å². The predicted molar refractivity (Wildman–Crippen MR) is 78.4 cm³/mol. The summed E-state index contributed by atoms with van der Waals surface area (Å²) >= 11 is 0. The summed E-state index contributed by atoms with van der Waals surface area (Å²) in [5.41, 5.74) is 2.17. The molecule has 110 valence electrons. The van der Waals surface area contributed by atoms with Crippen LogP contribution in [0.5, 0.6) is 5.75 Å². The average Bonchev–Trinajstić information content (AvgIpc) is 2.52. The van der Waals surface area contributed by atoms with Crippen molar-refractivity contribution in [3.63, 3.8) is 0 Å². The summed E-state index contributed by atoms with van der Waals surface area (Å²) in [7, 11) is 0. The second kappa shape index (κ2) is 7.38. The van der Waals surface area contributed by atoms with Crippen LogP contribution in [0.4, 0.5) is 0 Å². The second-order valence-corrected chi connectivity index (χ2v) is 4.53. The van der Waals surface area contributed by atoms with Gasteiger partial charge in [0, 0.05) is 6.20 Å². The molecule has 21 heavy (non-hydrogen) atoms. The molecule has 0 radical (unpaired) electrons. The summed E-state index contributed by atoms with van der Waals surface area (Å²) in [6, 6.07) is 7.85. The smallest absolute Gasteiger partial charge is 0.358 e. The average molecular weight is 286 g/mol. The molecule has 0 amide bonds. The van der Waals surface area contributed by atoms with Crippen LogP contribution in [-0.4, -0.2) is 29.2 Å². The van der Waals surface area contributed by atoms with Crippen LogP contribution in [0.2, 0.25) is 0 Å². The molecule has 0 bridgehead atoms. The molecular weight excluding hydrogens is 268 g/mol. The summed E-state index contributed by atoms with van der Waals surface area (Å²) in [4.78, 5) is 19.6. The summed E-state index contributed by atoms with van der Waals surface area (Å²) < 4.78 is 10.6. The molecule has 2 rings (SSSR count). The Hall–Kier alpha value is -2.43. The van der Waals surface area contributed by atoms with E-state index in [-0.39, 0.29) is 12.3 Å². The van der Waals surface area contributed by atoms with Crippen molar-refractivity contribution in [1.29, 1.82) is 0 Å². The fourth-order valence-corrected chi connectivity index (χ4v) is 1.72. The Labute approximate surface area is 124 Å². The zero-order valence-corrected chi connectivity index (χ0v) is 12.2. The van der Waals surface area contributed by atoms with Crippen LogP contribution in [0.3, 0.4) is 0 Å². The number of ether oxygens (including phenoxy) is 2. The number of aryl methyl sites for hydroxylation is 2. The van der Waals surface area contributed by atoms with E-state index in [1.165, 1.54) is 18.0 Å². The van der Waals surface area contributed by atoms with Gasteiger partial charge in [-0.05, 0) is 31.0 Å². The lowest BCUT2D eigenvalue weighted by Gasteiger charge is -2.08. The topological polar surface area (TPSA) is 61.3 Å². The fraction of sp³-hybridized carbons (Fsp3) is 0.312. The SMILES string of the molecule is CCc1cccc(OCCOC(=O)c2cnc(C)cn2)c1. The van der Waals surface area contributed by atoms with Gasteiger partial charge >= 0.3 is 5.97 Å². The maximum atomic E-state index is 11.7. The molecule has 0 aliphatic carbocycles. The van der Waals surface area contributed by atoms with E-state index < -0.39 is 5.97 Å². The molecule has 0 unspecified atom stereocenters. The van der Waals surface area contributed by atoms with Crippen LogP contribution in [0, 0.1) is 6.92 Å². The molecule has 2 aromatic rings. The van der Waals surface area contributed by atoms with Gasteiger partial charge in [-0.15, -0.1) is 0 Å². The summed E-state index contributed by atoms with van der Waals surface area (Å²) in [5, 5.41) is 0. The van der Waals surface area contributed by atoms with Gasteiger partial charge in [-0.2, -0.15) is 0 Å². The van der Waals surface area contributed by atoms with Gasteiger partial charge in [0.25, 0.3) is 0 Å². The van der Waals surface area contributed by atoms with Crippen molar-refractivity contribution in [2.24, 2.45) is 0 Å². The number of hydrogen-bond acceptors (Lipinski definition) is 5. The third-order valence-electron chi connectivity index (χ3n) is 2.88. The van der Waals surface area contributed by atoms with Crippen molar-refractivity contribution < 1.29 is 14.3 Å². The van der Waals surface area contributed by atoms with Gasteiger partial charge in [0.05, 0.1) is 11.9 Å². The standard InChI is InChI=1S/C16H18N2O3/c1-3-13-5-4-6-14(9-13)20-7-8-21-16(19)15-11-17-12(2)10-18-15/h4-6,9-11H,3,7-8H2,1-2H3. The van der Waals surface area contributed by atoms with Crippen molar-refractivity contribution in [3.8, 4) is 5.75 Å². The van der Waals surface area contributed by atoms with Crippen LogP contribution in [0.15, 0.2) is 36.7 Å².